The van der Waals surface area contributed by atoms with E-state index in [1.165, 1.54) is 6.20 Å². The molecule has 4 rings (SSSR count). The molecule has 142 valence electrons. The number of ether oxygens (including phenoxy) is 2. The van der Waals surface area contributed by atoms with E-state index in [2.05, 4.69) is 4.98 Å². The van der Waals surface area contributed by atoms with Gasteiger partial charge >= 0.3 is 5.97 Å². The normalized spacial score (nSPS) is 18.9. The van der Waals surface area contributed by atoms with Gasteiger partial charge in [-0.15, -0.1) is 0 Å². The standard InChI is InChI=1S/C21H22FNO4/c22-18-12-23-20(27-15-2-1-3-15)11-17(18)13-5-8-19-14(10-13)4-6-16(26-19)7-9-21(24)25/h5,8,10-12,15-16H,1-4,6-7,9H2,(H,24,25)/t16-/m1/s1. The summed E-state index contributed by atoms with van der Waals surface area (Å²) in [5, 5.41) is 8.82. The van der Waals surface area contributed by atoms with E-state index >= 15 is 0 Å². The number of carboxylic acid groups (broad SMARTS) is 1. The molecule has 0 unspecified atom stereocenters. The maximum absolute atomic E-state index is 14.4. The predicted molar refractivity (Wildman–Crippen MR) is 97.5 cm³/mol. The summed E-state index contributed by atoms with van der Waals surface area (Å²) in [6.07, 6.45) is 6.67. The van der Waals surface area contributed by atoms with Crippen LogP contribution in [0.3, 0.4) is 0 Å². The van der Waals surface area contributed by atoms with E-state index < -0.39 is 5.97 Å². The molecular weight excluding hydrogens is 349 g/mol. The van der Waals surface area contributed by atoms with E-state index in [0.29, 0.717) is 17.9 Å². The van der Waals surface area contributed by atoms with Crippen LogP contribution in [0.1, 0.15) is 44.1 Å². The van der Waals surface area contributed by atoms with Crippen LogP contribution in [0.25, 0.3) is 11.1 Å². The maximum atomic E-state index is 14.4. The van der Waals surface area contributed by atoms with Crippen molar-refractivity contribution in [1.82, 2.24) is 4.98 Å². The summed E-state index contributed by atoms with van der Waals surface area (Å²) in [6.45, 7) is 0. The number of nitrogens with zero attached hydrogens (tertiary/aromatic N) is 1. The highest BCUT2D eigenvalue weighted by Crippen LogP contribution is 2.35. The second-order valence-electron chi connectivity index (χ2n) is 7.21. The van der Waals surface area contributed by atoms with Crippen molar-refractivity contribution in [3.63, 3.8) is 0 Å². The summed E-state index contributed by atoms with van der Waals surface area (Å²) in [6, 6.07) is 7.26. The van der Waals surface area contributed by atoms with E-state index in [1.54, 1.807) is 6.07 Å². The first kappa shape index (κ1) is 17.8. The van der Waals surface area contributed by atoms with Crippen molar-refractivity contribution >= 4 is 5.97 Å². The molecule has 0 saturated heterocycles. The first-order valence-corrected chi connectivity index (χ1v) is 9.42. The molecule has 1 aliphatic heterocycles. The SMILES string of the molecule is O=C(O)CC[C@H]1CCc2cc(-c3cc(OC4CCC4)ncc3F)ccc2O1. The van der Waals surface area contributed by atoms with Crippen molar-refractivity contribution in [1.29, 1.82) is 0 Å². The van der Waals surface area contributed by atoms with Gasteiger partial charge in [0.25, 0.3) is 0 Å². The largest absolute Gasteiger partial charge is 0.490 e. The number of aromatic nitrogens is 1. The third kappa shape index (κ3) is 4.04. The maximum Gasteiger partial charge on any atom is 0.303 e. The van der Waals surface area contributed by atoms with E-state index in [0.717, 1.165) is 49.0 Å². The van der Waals surface area contributed by atoms with E-state index in [9.17, 15) is 9.18 Å². The summed E-state index contributed by atoms with van der Waals surface area (Å²) in [7, 11) is 0. The summed E-state index contributed by atoms with van der Waals surface area (Å²) in [5.74, 6) is 0.0133. The van der Waals surface area contributed by atoms with Crippen molar-refractivity contribution in [3.8, 4) is 22.8 Å². The fraction of sp³-hybridized carbons (Fsp3) is 0.429. The second kappa shape index (κ2) is 7.55. The predicted octanol–water partition coefficient (Wildman–Crippen LogP) is 4.38. The number of halogens is 1. The van der Waals surface area contributed by atoms with E-state index in [1.807, 2.05) is 18.2 Å². The number of rotatable bonds is 6. The Morgan fingerprint density at radius 1 is 1.30 bits per heavy atom. The van der Waals surface area contributed by atoms with Crippen LogP contribution in [-0.2, 0) is 11.2 Å². The third-order valence-corrected chi connectivity index (χ3v) is 5.25. The number of hydrogen-bond donors (Lipinski definition) is 1. The molecule has 1 atom stereocenters. The number of carbonyl (C=O) groups is 1. The summed E-state index contributed by atoms with van der Waals surface area (Å²) in [5.41, 5.74) is 2.24. The summed E-state index contributed by atoms with van der Waals surface area (Å²) < 4.78 is 26.1. The van der Waals surface area contributed by atoms with Crippen LogP contribution in [0.2, 0.25) is 0 Å². The lowest BCUT2D eigenvalue weighted by Gasteiger charge is -2.27. The Hall–Kier alpha value is -2.63. The zero-order chi connectivity index (χ0) is 18.8. The highest BCUT2D eigenvalue weighted by Gasteiger charge is 2.23. The molecule has 1 aromatic carbocycles. The van der Waals surface area contributed by atoms with Crippen LogP contribution in [0.4, 0.5) is 4.39 Å². The van der Waals surface area contributed by atoms with Crippen LogP contribution in [0, 0.1) is 5.82 Å². The molecule has 1 aromatic heterocycles. The second-order valence-corrected chi connectivity index (χ2v) is 7.21. The molecule has 2 heterocycles. The molecule has 0 bridgehead atoms. The summed E-state index contributed by atoms with van der Waals surface area (Å²) in [4.78, 5) is 14.8. The van der Waals surface area contributed by atoms with Gasteiger partial charge < -0.3 is 14.6 Å². The Labute approximate surface area is 157 Å². The first-order chi connectivity index (χ1) is 13.1. The number of aliphatic carboxylic acids is 1. The lowest BCUT2D eigenvalue weighted by Crippen LogP contribution is -2.25. The van der Waals surface area contributed by atoms with Crippen molar-refractivity contribution in [2.75, 3.05) is 0 Å². The van der Waals surface area contributed by atoms with Crippen LogP contribution in [0.5, 0.6) is 11.6 Å². The summed E-state index contributed by atoms with van der Waals surface area (Å²) >= 11 is 0. The molecule has 27 heavy (non-hydrogen) atoms. The average molecular weight is 371 g/mol. The molecule has 2 aliphatic rings. The van der Waals surface area contributed by atoms with Gasteiger partial charge in [0.2, 0.25) is 5.88 Å². The third-order valence-electron chi connectivity index (χ3n) is 5.25. The van der Waals surface area contributed by atoms with Gasteiger partial charge in [-0.2, -0.15) is 0 Å². The Morgan fingerprint density at radius 2 is 2.15 bits per heavy atom. The Balaban J connectivity index is 1.52. The molecule has 1 N–H and O–H groups in total. The van der Waals surface area contributed by atoms with Gasteiger partial charge in [0.05, 0.1) is 12.3 Å². The van der Waals surface area contributed by atoms with Crippen molar-refractivity contribution in [2.24, 2.45) is 0 Å². The van der Waals surface area contributed by atoms with Gasteiger partial charge in [-0.3, -0.25) is 4.79 Å². The molecule has 6 heteroatoms. The molecule has 2 aromatic rings. The quantitative estimate of drug-likeness (QED) is 0.816. The fourth-order valence-electron chi connectivity index (χ4n) is 3.46. The first-order valence-electron chi connectivity index (χ1n) is 9.42. The smallest absolute Gasteiger partial charge is 0.303 e. The van der Waals surface area contributed by atoms with Gasteiger partial charge in [-0.1, -0.05) is 6.07 Å². The topological polar surface area (TPSA) is 68.7 Å². The number of aryl methyl sites for hydroxylation is 1. The molecule has 5 nitrogen and oxygen atoms in total. The van der Waals surface area contributed by atoms with E-state index in [-0.39, 0.29) is 24.4 Å². The number of hydrogen-bond acceptors (Lipinski definition) is 4. The highest BCUT2D eigenvalue weighted by molar-refractivity contribution is 5.68. The van der Waals surface area contributed by atoms with Crippen LogP contribution < -0.4 is 9.47 Å². The average Bonchev–Trinajstić information content (AvgIpc) is 2.63. The Kier molecular flexibility index (Phi) is 4.97. The van der Waals surface area contributed by atoms with E-state index in [4.69, 9.17) is 14.6 Å². The van der Waals surface area contributed by atoms with Crippen molar-refractivity contribution in [3.05, 3.63) is 41.8 Å². The molecule has 1 aliphatic carbocycles. The minimum absolute atomic E-state index is 0.0837. The zero-order valence-corrected chi connectivity index (χ0v) is 15.0. The lowest BCUT2D eigenvalue weighted by atomic mass is 9.95. The lowest BCUT2D eigenvalue weighted by molar-refractivity contribution is -0.137. The zero-order valence-electron chi connectivity index (χ0n) is 15.0. The van der Waals surface area contributed by atoms with Crippen molar-refractivity contribution < 1.29 is 23.8 Å². The molecule has 0 radical (unpaired) electrons. The van der Waals surface area contributed by atoms with Crippen LogP contribution in [0.15, 0.2) is 30.5 Å². The number of pyridine rings is 1. The van der Waals surface area contributed by atoms with Gasteiger partial charge in [0.1, 0.15) is 17.7 Å². The number of fused-ring (bicyclic) bond motifs is 1. The molecule has 0 spiro atoms. The molecule has 1 fully saturated rings. The number of carboxylic acids is 1. The van der Waals surface area contributed by atoms with Gasteiger partial charge in [-0.05, 0) is 61.8 Å². The molecule has 1 saturated carbocycles. The van der Waals surface area contributed by atoms with Gasteiger partial charge in [0.15, 0.2) is 0 Å². The Bertz CT molecular complexity index is 850. The monoisotopic (exact) mass is 371 g/mol. The Morgan fingerprint density at radius 3 is 2.89 bits per heavy atom. The van der Waals surface area contributed by atoms with Gasteiger partial charge in [-0.25, -0.2) is 9.37 Å². The number of benzene rings is 1. The fourth-order valence-corrected chi connectivity index (χ4v) is 3.46. The van der Waals surface area contributed by atoms with Crippen molar-refractivity contribution in [2.45, 2.75) is 57.2 Å². The molecule has 0 amide bonds. The van der Waals surface area contributed by atoms with Crippen LogP contribution >= 0.6 is 0 Å². The van der Waals surface area contributed by atoms with Crippen LogP contribution in [-0.4, -0.2) is 28.3 Å². The molecular formula is C21H22FNO4. The highest BCUT2D eigenvalue weighted by atomic mass is 19.1. The minimum atomic E-state index is -0.812. The minimum Gasteiger partial charge on any atom is -0.490 e. The van der Waals surface area contributed by atoms with Gasteiger partial charge in [0, 0.05) is 18.1 Å².